The highest BCUT2D eigenvalue weighted by Gasteiger charge is 2.29. The average molecular weight is 667 g/mol. The molecule has 9 nitrogen and oxygen atoms in total. The molecule has 0 amide bonds. The molecule has 244 valence electrons. The number of hydrogen-bond donors (Lipinski definition) is 5. The Bertz CT molecular complexity index is 1620. The number of rotatable bonds is 14. The number of nitrogens with one attached hydrogen (secondary N) is 4. The normalized spacial score (nSPS) is 17.0. The molecule has 1 fully saturated rings. The van der Waals surface area contributed by atoms with Crippen molar-refractivity contribution in [3.05, 3.63) is 76.7 Å². The first-order valence-electron chi connectivity index (χ1n) is 14.7. The van der Waals surface area contributed by atoms with Crippen molar-refractivity contribution in [2.24, 2.45) is 0 Å². The van der Waals surface area contributed by atoms with E-state index in [9.17, 15) is 12.8 Å². The van der Waals surface area contributed by atoms with Gasteiger partial charge in [0.25, 0.3) is 10.0 Å². The molecule has 0 spiro atoms. The topological polar surface area (TPSA) is 142 Å². The van der Waals surface area contributed by atoms with Crippen molar-refractivity contribution in [2.75, 3.05) is 41.4 Å². The highest BCUT2D eigenvalue weighted by molar-refractivity contribution is 7.92. The van der Waals surface area contributed by atoms with Crippen LogP contribution in [0.5, 0.6) is 0 Å². The predicted octanol–water partition coefficient (Wildman–Crippen LogP) is 5.99. The molecule has 0 radical (unpaired) electrons. The summed E-state index contributed by atoms with van der Waals surface area (Å²) in [5, 5.41) is 15.8. The van der Waals surface area contributed by atoms with Crippen LogP contribution in [0.4, 0.5) is 30.4 Å². The van der Waals surface area contributed by atoms with Crippen LogP contribution in [0.25, 0.3) is 0 Å². The Kier molecular flexibility index (Phi) is 11.7. The van der Waals surface area contributed by atoms with E-state index in [1.807, 2.05) is 18.6 Å². The third kappa shape index (κ3) is 8.46. The number of nitrogens with zero attached hydrogens (tertiary/aromatic N) is 1. The Balaban J connectivity index is 1.60. The molecule has 1 aliphatic rings. The Hall–Kier alpha value is -3.39. The SMILES string of the molecule is CC(C)Nc1c(C2CCC(NCCOCCCl)CC2)cnc(N)c1C(=N)c1cc(F)c(NS(=O)(=O)c2ccccc2F)cc1F. The van der Waals surface area contributed by atoms with Crippen molar-refractivity contribution in [3.8, 4) is 0 Å². The van der Waals surface area contributed by atoms with Crippen molar-refractivity contribution in [3.63, 3.8) is 0 Å². The molecule has 14 heteroatoms. The second-order valence-electron chi connectivity index (χ2n) is 11.2. The van der Waals surface area contributed by atoms with Gasteiger partial charge in [0, 0.05) is 42.3 Å². The number of alkyl halides is 1. The molecule has 3 aromatic rings. The molecule has 6 N–H and O–H groups in total. The van der Waals surface area contributed by atoms with Crippen LogP contribution >= 0.6 is 11.6 Å². The van der Waals surface area contributed by atoms with Gasteiger partial charge in [0.2, 0.25) is 0 Å². The summed E-state index contributed by atoms with van der Waals surface area (Å²) in [4.78, 5) is 3.62. The lowest BCUT2D eigenvalue weighted by Gasteiger charge is -2.32. The third-order valence-corrected chi connectivity index (χ3v) is 9.14. The second-order valence-corrected chi connectivity index (χ2v) is 13.2. The molecule has 0 bridgehead atoms. The monoisotopic (exact) mass is 666 g/mol. The number of sulfonamides is 1. The number of ether oxygens (including phenoxy) is 1. The van der Waals surface area contributed by atoms with Crippen LogP contribution < -0.4 is 21.1 Å². The van der Waals surface area contributed by atoms with Gasteiger partial charge in [-0.1, -0.05) is 12.1 Å². The van der Waals surface area contributed by atoms with Crippen LogP contribution in [0.3, 0.4) is 0 Å². The fourth-order valence-electron chi connectivity index (χ4n) is 5.46. The quantitative estimate of drug-likeness (QED) is 0.0808. The average Bonchev–Trinajstić information content (AvgIpc) is 2.99. The molecule has 2 aromatic carbocycles. The van der Waals surface area contributed by atoms with E-state index >= 15 is 8.78 Å². The summed E-state index contributed by atoms with van der Waals surface area (Å²) in [5.74, 6) is -2.77. The molecule has 0 saturated heterocycles. The van der Waals surface area contributed by atoms with Gasteiger partial charge in [-0.05, 0) is 69.2 Å². The van der Waals surface area contributed by atoms with E-state index in [4.69, 9.17) is 27.5 Å². The zero-order valence-corrected chi connectivity index (χ0v) is 26.7. The van der Waals surface area contributed by atoms with E-state index in [0.29, 0.717) is 36.9 Å². The standard InChI is InChI=1S/C31H38ClF3N6O3S/c1-18(2)40-30-22(19-7-9-20(10-8-19)38-12-14-44-13-11-32)17-39-31(37)28(30)29(36)21-15-25(35)26(16-24(21)34)41-45(42,43)27-6-4-3-5-23(27)33/h3-6,15-20,36,38,41H,7-14H2,1-2H3,(H3,37,39,40). The van der Waals surface area contributed by atoms with Gasteiger partial charge in [0.05, 0.1) is 35.9 Å². The molecule has 1 saturated carbocycles. The van der Waals surface area contributed by atoms with Gasteiger partial charge in [-0.15, -0.1) is 11.6 Å². The molecule has 45 heavy (non-hydrogen) atoms. The van der Waals surface area contributed by atoms with Crippen LogP contribution in [0.15, 0.2) is 47.5 Å². The van der Waals surface area contributed by atoms with E-state index in [1.54, 1.807) is 6.20 Å². The Morgan fingerprint density at radius 3 is 2.47 bits per heavy atom. The zero-order chi connectivity index (χ0) is 32.7. The van der Waals surface area contributed by atoms with Gasteiger partial charge < -0.3 is 21.1 Å². The van der Waals surface area contributed by atoms with Gasteiger partial charge in [0.1, 0.15) is 28.2 Å². The van der Waals surface area contributed by atoms with Crippen molar-refractivity contribution >= 4 is 44.5 Å². The minimum Gasteiger partial charge on any atom is -0.383 e. The summed E-state index contributed by atoms with van der Waals surface area (Å²) in [6, 6.07) is 6.13. The number of halogens is 4. The van der Waals surface area contributed by atoms with Gasteiger partial charge in [0.15, 0.2) is 0 Å². The van der Waals surface area contributed by atoms with E-state index in [1.165, 1.54) is 12.1 Å². The maximum atomic E-state index is 15.5. The largest absolute Gasteiger partial charge is 0.383 e. The van der Waals surface area contributed by atoms with Gasteiger partial charge in [-0.25, -0.2) is 26.6 Å². The van der Waals surface area contributed by atoms with E-state index < -0.39 is 49.3 Å². The van der Waals surface area contributed by atoms with Crippen LogP contribution in [-0.2, 0) is 14.8 Å². The fourth-order valence-corrected chi connectivity index (χ4v) is 6.71. The van der Waals surface area contributed by atoms with Crippen molar-refractivity contribution in [1.29, 1.82) is 5.41 Å². The van der Waals surface area contributed by atoms with Gasteiger partial charge in [-0.3, -0.25) is 10.1 Å². The number of nitrogens with two attached hydrogens (primary N) is 1. The lowest BCUT2D eigenvalue weighted by molar-refractivity contribution is 0.146. The third-order valence-electron chi connectivity index (χ3n) is 7.59. The van der Waals surface area contributed by atoms with Crippen LogP contribution in [0, 0.1) is 22.9 Å². The lowest BCUT2D eigenvalue weighted by Crippen LogP contribution is -2.35. The second kappa shape index (κ2) is 15.3. The van der Waals surface area contributed by atoms with Crippen molar-refractivity contribution in [1.82, 2.24) is 10.3 Å². The summed E-state index contributed by atoms with van der Waals surface area (Å²) < 4.78 is 77.6. The Labute approximate surface area is 266 Å². The van der Waals surface area contributed by atoms with E-state index in [2.05, 4.69) is 15.6 Å². The van der Waals surface area contributed by atoms with Gasteiger partial charge >= 0.3 is 0 Å². The molecule has 4 rings (SSSR count). The van der Waals surface area contributed by atoms with E-state index in [-0.39, 0.29) is 23.3 Å². The number of nitrogen functional groups attached to an aromatic ring is 1. The molecular formula is C31H38ClF3N6O3S. The predicted molar refractivity (Wildman–Crippen MR) is 171 cm³/mol. The summed E-state index contributed by atoms with van der Waals surface area (Å²) in [6.07, 6.45) is 5.16. The molecule has 0 aliphatic heterocycles. The van der Waals surface area contributed by atoms with Crippen LogP contribution in [0.2, 0.25) is 0 Å². The molecule has 1 aromatic heterocycles. The number of anilines is 3. The van der Waals surface area contributed by atoms with Gasteiger partial charge in [-0.2, -0.15) is 0 Å². The minimum atomic E-state index is -4.57. The molecular weight excluding hydrogens is 629 g/mol. The molecule has 0 atom stereocenters. The first kappa shape index (κ1) is 34.5. The Morgan fingerprint density at radius 1 is 1.09 bits per heavy atom. The number of benzene rings is 2. The summed E-state index contributed by atoms with van der Waals surface area (Å²) in [7, 11) is -4.57. The summed E-state index contributed by atoms with van der Waals surface area (Å²) >= 11 is 5.64. The maximum absolute atomic E-state index is 15.5. The summed E-state index contributed by atoms with van der Waals surface area (Å²) in [5.41, 5.74) is 6.14. The first-order valence-corrected chi connectivity index (χ1v) is 16.7. The first-order chi connectivity index (χ1) is 21.4. The number of hydrogen-bond acceptors (Lipinski definition) is 8. The molecule has 1 aliphatic carbocycles. The molecule has 1 heterocycles. The fraction of sp³-hybridized carbons (Fsp3) is 0.419. The number of pyridine rings is 1. The summed E-state index contributed by atoms with van der Waals surface area (Å²) in [6.45, 7) is 5.65. The lowest BCUT2D eigenvalue weighted by atomic mass is 9.80. The Morgan fingerprint density at radius 2 is 1.80 bits per heavy atom. The highest BCUT2D eigenvalue weighted by Crippen LogP contribution is 2.40. The van der Waals surface area contributed by atoms with Crippen molar-refractivity contribution < 1.29 is 26.3 Å². The zero-order valence-electron chi connectivity index (χ0n) is 25.1. The molecule has 0 unspecified atom stereocenters. The highest BCUT2D eigenvalue weighted by atomic mass is 35.5. The minimum absolute atomic E-state index is 0.0386. The maximum Gasteiger partial charge on any atom is 0.264 e. The smallest absolute Gasteiger partial charge is 0.264 e. The van der Waals surface area contributed by atoms with E-state index in [0.717, 1.165) is 56.0 Å². The number of aromatic nitrogens is 1. The van der Waals surface area contributed by atoms with Crippen LogP contribution in [-0.4, -0.2) is 56.8 Å². The van der Waals surface area contributed by atoms with Crippen LogP contribution in [0.1, 0.15) is 62.1 Å². The van der Waals surface area contributed by atoms with Crippen molar-refractivity contribution in [2.45, 2.75) is 62.4 Å².